The van der Waals surface area contributed by atoms with Gasteiger partial charge in [-0.05, 0) is 63.0 Å². The molecule has 1 aromatic carbocycles. The molecule has 2 rings (SSSR count). The van der Waals surface area contributed by atoms with Crippen LogP contribution in [0.2, 0.25) is 18.1 Å². The van der Waals surface area contributed by atoms with Crippen LogP contribution in [-0.4, -0.2) is 37.6 Å². The van der Waals surface area contributed by atoms with Gasteiger partial charge in [0.1, 0.15) is 11.4 Å². The standard InChI is InChI=1S/C21H34FNO3Si/c1-20(2,3)25-19(24)23-13-12-17(26-27(7,8)21(4,5)6)18(23)15-10-9-11-16(22)14-15/h9-11,14,17-18H,12-13H2,1-8H3. The third kappa shape index (κ3) is 5.32. The molecule has 0 aliphatic carbocycles. The van der Waals surface area contributed by atoms with E-state index in [0.29, 0.717) is 13.0 Å². The van der Waals surface area contributed by atoms with Gasteiger partial charge < -0.3 is 9.16 Å². The summed E-state index contributed by atoms with van der Waals surface area (Å²) in [6.07, 6.45) is 0.172. The number of nitrogens with zero attached hydrogens (tertiary/aromatic N) is 1. The number of carbonyl (C=O) groups excluding carboxylic acids is 1. The first-order valence-corrected chi connectivity index (χ1v) is 12.5. The zero-order valence-corrected chi connectivity index (χ0v) is 18.9. The van der Waals surface area contributed by atoms with Crippen LogP contribution in [0, 0.1) is 5.82 Å². The summed E-state index contributed by atoms with van der Waals surface area (Å²) in [5.74, 6) is -0.311. The Balaban J connectivity index is 2.36. The molecule has 1 fully saturated rings. The normalized spacial score (nSPS) is 21.4. The molecule has 6 heteroatoms. The maximum atomic E-state index is 13.9. The van der Waals surface area contributed by atoms with E-state index in [1.54, 1.807) is 11.0 Å². The maximum Gasteiger partial charge on any atom is 0.410 e. The van der Waals surface area contributed by atoms with Crippen LogP contribution in [0.15, 0.2) is 24.3 Å². The summed E-state index contributed by atoms with van der Waals surface area (Å²) < 4.78 is 26.2. The molecule has 0 radical (unpaired) electrons. The van der Waals surface area contributed by atoms with Gasteiger partial charge in [0, 0.05) is 6.54 Å². The van der Waals surface area contributed by atoms with Crippen LogP contribution in [0.5, 0.6) is 0 Å². The summed E-state index contributed by atoms with van der Waals surface area (Å²) in [6.45, 7) is 17.1. The highest BCUT2D eigenvalue weighted by molar-refractivity contribution is 6.74. The first-order chi connectivity index (χ1) is 12.2. The van der Waals surface area contributed by atoms with Crippen LogP contribution in [-0.2, 0) is 9.16 Å². The Morgan fingerprint density at radius 1 is 1.19 bits per heavy atom. The van der Waals surface area contributed by atoms with E-state index in [1.165, 1.54) is 12.1 Å². The Hall–Kier alpha value is -1.40. The van der Waals surface area contributed by atoms with Crippen molar-refractivity contribution in [3.8, 4) is 0 Å². The molecule has 0 N–H and O–H groups in total. The van der Waals surface area contributed by atoms with Gasteiger partial charge in [-0.1, -0.05) is 32.9 Å². The van der Waals surface area contributed by atoms with Gasteiger partial charge in [0.25, 0.3) is 0 Å². The fraction of sp³-hybridized carbons (Fsp3) is 0.667. The van der Waals surface area contributed by atoms with Crippen LogP contribution in [0.1, 0.15) is 59.6 Å². The molecule has 1 aliphatic heterocycles. The van der Waals surface area contributed by atoms with Crippen LogP contribution < -0.4 is 0 Å². The van der Waals surface area contributed by atoms with Crippen molar-refractivity contribution < 1.29 is 18.3 Å². The maximum absolute atomic E-state index is 13.9. The summed E-state index contributed by atoms with van der Waals surface area (Å²) in [5, 5.41) is 0.0544. The zero-order chi connectivity index (χ0) is 20.6. The SMILES string of the molecule is CC(C)(C)OC(=O)N1CCC(O[Si](C)(C)C(C)(C)C)C1c1cccc(F)c1. The van der Waals surface area contributed by atoms with Crippen molar-refractivity contribution in [1.29, 1.82) is 0 Å². The van der Waals surface area contributed by atoms with Crippen LogP contribution in [0.4, 0.5) is 9.18 Å². The molecule has 0 saturated carbocycles. The largest absolute Gasteiger partial charge is 0.444 e. The second-order valence-electron chi connectivity index (χ2n) is 9.88. The van der Waals surface area contributed by atoms with E-state index in [9.17, 15) is 9.18 Å². The molecule has 1 aliphatic rings. The van der Waals surface area contributed by atoms with E-state index in [-0.39, 0.29) is 29.1 Å². The monoisotopic (exact) mass is 395 g/mol. The minimum Gasteiger partial charge on any atom is -0.444 e. The Morgan fingerprint density at radius 3 is 2.33 bits per heavy atom. The topological polar surface area (TPSA) is 38.8 Å². The second kappa shape index (κ2) is 7.55. The van der Waals surface area contributed by atoms with Gasteiger partial charge in [0.2, 0.25) is 0 Å². The zero-order valence-electron chi connectivity index (χ0n) is 17.9. The number of hydrogen-bond acceptors (Lipinski definition) is 3. The van der Waals surface area contributed by atoms with Gasteiger partial charge in [-0.15, -0.1) is 0 Å². The molecule has 27 heavy (non-hydrogen) atoms. The van der Waals surface area contributed by atoms with Gasteiger partial charge in [0.15, 0.2) is 8.32 Å². The first-order valence-electron chi connectivity index (χ1n) is 9.64. The van der Waals surface area contributed by atoms with Gasteiger partial charge >= 0.3 is 6.09 Å². The summed E-state index contributed by atoms with van der Waals surface area (Å²) >= 11 is 0. The molecule has 1 heterocycles. The Labute approximate surface area is 164 Å². The summed E-state index contributed by atoms with van der Waals surface area (Å²) in [6, 6.07) is 6.11. The van der Waals surface area contributed by atoms with E-state index < -0.39 is 13.9 Å². The van der Waals surface area contributed by atoms with E-state index in [2.05, 4.69) is 33.9 Å². The Morgan fingerprint density at radius 2 is 1.81 bits per heavy atom. The predicted molar refractivity (Wildman–Crippen MR) is 109 cm³/mol. The first kappa shape index (κ1) is 21.9. The number of benzene rings is 1. The van der Waals surface area contributed by atoms with Gasteiger partial charge in [-0.2, -0.15) is 0 Å². The number of carbonyl (C=O) groups is 1. The molecule has 1 aromatic rings. The van der Waals surface area contributed by atoms with Gasteiger partial charge in [0.05, 0.1) is 12.1 Å². The number of ether oxygens (including phenoxy) is 1. The van der Waals surface area contributed by atoms with E-state index in [1.807, 2.05) is 26.8 Å². The Kier molecular flexibility index (Phi) is 6.12. The van der Waals surface area contributed by atoms with E-state index in [4.69, 9.17) is 9.16 Å². The predicted octanol–water partition coefficient (Wildman–Crippen LogP) is 5.90. The van der Waals surface area contributed by atoms with Crippen LogP contribution in [0.25, 0.3) is 0 Å². The quantitative estimate of drug-likeness (QED) is 0.598. The number of amides is 1. The van der Waals surface area contributed by atoms with Crippen molar-refractivity contribution in [3.05, 3.63) is 35.6 Å². The molecule has 2 atom stereocenters. The molecular formula is C21H34FNO3Si. The molecule has 4 nitrogen and oxygen atoms in total. The lowest BCUT2D eigenvalue weighted by Crippen LogP contribution is -2.46. The summed E-state index contributed by atoms with van der Waals surface area (Å²) in [4.78, 5) is 14.5. The minimum absolute atomic E-state index is 0.0544. The van der Waals surface area contributed by atoms with E-state index in [0.717, 1.165) is 5.56 Å². The molecule has 0 aromatic heterocycles. The lowest BCUT2D eigenvalue weighted by Gasteiger charge is -2.40. The van der Waals surface area contributed by atoms with Crippen molar-refractivity contribution in [1.82, 2.24) is 4.90 Å². The van der Waals surface area contributed by atoms with Crippen molar-refractivity contribution in [3.63, 3.8) is 0 Å². The van der Waals surface area contributed by atoms with Crippen LogP contribution in [0.3, 0.4) is 0 Å². The Bertz CT molecular complexity index is 679. The highest BCUT2D eigenvalue weighted by Crippen LogP contribution is 2.43. The summed E-state index contributed by atoms with van der Waals surface area (Å²) in [5.41, 5.74) is 0.171. The van der Waals surface area contributed by atoms with Crippen molar-refractivity contribution in [2.75, 3.05) is 6.54 Å². The highest BCUT2D eigenvalue weighted by Gasteiger charge is 2.46. The molecule has 1 amide bonds. The van der Waals surface area contributed by atoms with Crippen molar-refractivity contribution in [2.24, 2.45) is 0 Å². The smallest absolute Gasteiger partial charge is 0.410 e. The average molecular weight is 396 g/mol. The number of hydrogen-bond donors (Lipinski definition) is 0. The van der Waals surface area contributed by atoms with Crippen molar-refractivity contribution >= 4 is 14.4 Å². The number of halogens is 1. The number of rotatable bonds is 3. The van der Waals surface area contributed by atoms with E-state index >= 15 is 0 Å². The molecule has 0 spiro atoms. The fourth-order valence-electron chi connectivity index (χ4n) is 3.05. The molecular weight excluding hydrogens is 361 g/mol. The fourth-order valence-corrected chi connectivity index (χ4v) is 4.41. The molecule has 152 valence electrons. The number of likely N-dealkylation sites (tertiary alicyclic amines) is 1. The van der Waals surface area contributed by atoms with Gasteiger partial charge in [-0.3, -0.25) is 4.90 Å². The molecule has 0 bridgehead atoms. The third-order valence-electron chi connectivity index (χ3n) is 5.41. The highest BCUT2D eigenvalue weighted by atomic mass is 28.4. The van der Waals surface area contributed by atoms with Crippen LogP contribution >= 0.6 is 0 Å². The molecule has 2 unspecified atom stereocenters. The van der Waals surface area contributed by atoms with Gasteiger partial charge in [-0.25, -0.2) is 9.18 Å². The molecule has 1 saturated heterocycles. The van der Waals surface area contributed by atoms with Crippen molar-refractivity contribution in [2.45, 2.75) is 83.8 Å². The lowest BCUT2D eigenvalue weighted by atomic mass is 10.0. The summed E-state index contributed by atoms with van der Waals surface area (Å²) in [7, 11) is -2.04. The third-order valence-corrected chi connectivity index (χ3v) is 9.92. The minimum atomic E-state index is -2.04. The average Bonchev–Trinajstić information content (AvgIpc) is 2.87. The second-order valence-corrected chi connectivity index (χ2v) is 14.6. The lowest BCUT2D eigenvalue weighted by molar-refractivity contribution is 0.0160.